The average molecular weight is 425 g/mol. The fourth-order valence-electron chi connectivity index (χ4n) is 4.97. The minimum absolute atomic E-state index is 1.01. The number of rotatable bonds is 3. The SMILES string of the molecule is C/C=C\C(=C/N)c1ccc2c3ccc4ccccc4c3n(-c3ccc4ccccc4c3)c2c1. The fraction of sp³-hybridized carbons (Fsp3) is 0.0323. The summed E-state index contributed by atoms with van der Waals surface area (Å²) in [5.74, 6) is 0. The molecule has 0 spiro atoms. The van der Waals surface area contributed by atoms with Crippen LogP contribution in [0.2, 0.25) is 0 Å². The van der Waals surface area contributed by atoms with E-state index in [1.165, 1.54) is 43.4 Å². The van der Waals surface area contributed by atoms with Crippen LogP contribution >= 0.6 is 0 Å². The maximum Gasteiger partial charge on any atom is 0.0619 e. The monoisotopic (exact) mass is 424 g/mol. The molecule has 2 heteroatoms. The Kier molecular flexibility index (Phi) is 4.51. The van der Waals surface area contributed by atoms with Crippen LogP contribution in [0.1, 0.15) is 12.5 Å². The first-order valence-electron chi connectivity index (χ1n) is 11.3. The van der Waals surface area contributed by atoms with Gasteiger partial charge in [0.15, 0.2) is 0 Å². The van der Waals surface area contributed by atoms with E-state index in [4.69, 9.17) is 5.73 Å². The van der Waals surface area contributed by atoms with E-state index in [1.54, 1.807) is 6.20 Å². The Morgan fingerprint density at radius 2 is 1.42 bits per heavy atom. The van der Waals surface area contributed by atoms with Gasteiger partial charge in [-0.1, -0.05) is 91.0 Å². The van der Waals surface area contributed by atoms with E-state index >= 15 is 0 Å². The summed E-state index contributed by atoms with van der Waals surface area (Å²) < 4.78 is 2.41. The highest BCUT2D eigenvalue weighted by Gasteiger charge is 2.16. The summed E-state index contributed by atoms with van der Waals surface area (Å²) in [6.45, 7) is 2.01. The molecule has 0 bridgehead atoms. The van der Waals surface area contributed by atoms with E-state index < -0.39 is 0 Å². The number of nitrogens with two attached hydrogens (primary N) is 1. The summed E-state index contributed by atoms with van der Waals surface area (Å²) in [6.07, 6.45) is 5.76. The molecule has 2 nitrogen and oxygen atoms in total. The number of fused-ring (bicyclic) bond motifs is 6. The summed E-state index contributed by atoms with van der Waals surface area (Å²) in [5.41, 5.74) is 11.7. The van der Waals surface area contributed by atoms with Crippen LogP contribution < -0.4 is 5.73 Å². The molecule has 0 saturated carbocycles. The summed E-state index contributed by atoms with van der Waals surface area (Å²) in [5, 5.41) is 7.47. The second-order valence-electron chi connectivity index (χ2n) is 8.40. The third-order valence-electron chi connectivity index (χ3n) is 6.50. The maximum atomic E-state index is 5.98. The quantitative estimate of drug-likeness (QED) is 0.287. The second-order valence-corrected chi connectivity index (χ2v) is 8.40. The Morgan fingerprint density at radius 1 is 0.697 bits per heavy atom. The van der Waals surface area contributed by atoms with Crippen LogP contribution in [0, 0.1) is 0 Å². The molecule has 1 aromatic heterocycles. The van der Waals surface area contributed by atoms with Crippen molar-refractivity contribution in [3.8, 4) is 5.69 Å². The van der Waals surface area contributed by atoms with E-state index in [0.717, 1.165) is 16.8 Å². The Bertz CT molecular complexity index is 1730. The van der Waals surface area contributed by atoms with Gasteiger partial charge in [-0.25, -0.2) is 0 Å². The minimum Gasteiger partial charge on any atom is -0.404 e. The van der Waals surface area contributed by atoms with Gasteiger partial charge >= 0.3 is 0 Å². The van der Waals surface area contributed by atoms with Crippen LogP contribution in [0.3, 0.4) is 0 Å². The van der Waals surface area contributed by atoms with Crippen LogP contribution in [0.15, 0.2) is 115 Å². The predicted molar refractivity (Wildman–Crippen MR) is 143 cm³/mol. The first-order chi connectivity index (χ1) is 16.3. The molecule has 2 N–H and O–H groups in total. The van der Waals surface area contributed by atoms with Crippen molar-refractivity contribution in [1.82, 2.24) is 4.57 Å². The van der Waals surface area contributed by atoms with E-state index in [1.807, 2.05) is 13.0 Å². The summed E-state index contributed by atoms with van der Waals surface area (Å²) in [4.78, 5) is 0. The van der Waals surface area contributed by atoms with Crippen molar-refractivity contribution in [3.63, 3.8) is 0 Å². The standard InChI is InChI=1S/C31H24N2/c1-2-7-25(20-32)24-14-16-28-29-17-13-22-9-5-6-11-27(22)31(29)33(30(28)19-24)26-15-12-21-8-3-4-10-23(21)18-26/h2-20H,32H2,1H3/b7-2-,25-20+. The Morgan fingerprint density at radius 3 is 2.24 bits per heavy atom. The molecular weight excluding hydrogens is 400 g/mol. The molecule has 0 aliphatic heterocycles. The number of aromatic nitrogens is 1. The van der Waals surface area contributed by atoms with Crippen LogP contribution in [-0.4, -0.2) is 4.57 Å². The Labute approximate surface area is 192 Å². The Balaban J connectivity index is 1.78. The summed E-state index contributed by atoms with van der Waals surface area (Å²) >= 11 is 0. The number of allylic oxidation sites excluding steroid dienone is 3. The molecule has 1 heterocycles. The predicted octanol–water partition coefficient (Wildman–Crippen LogP) is 7.97. The summed E-state index contributed by atoms with van der Waals surface area (Å²) in [7, 11) is 0. The van der Waals surface area contributed by atoms with Gasteiger partial charge in [-0.05, 0) is 52.4 Å². The zero-order valence-corrected chi connectivity index (χ0v) is 18.5. The Hall–Kier alpha value is -4.30. The molecule has 0 aliphatic rings. The molecule has 0 unspecified atom stereocenters. The van der Waals surface area contributed by atoms with Crippen LogP contribution in [0.5, 0.6) is 0 Å². The van der Waals surface area contributed by atoms with Gasteiger partial charge in [0, 0.05) is 28.0 Å². The second kappa shape index (κ2) is 7.68. The molecule has 0 radical (unpaired) electrons. The van der Waals surface area contributed by atoms with Gasteiger partial charge in [0.05, 0.1) is 11.0 Å². The first-order valence-corrected chi connectivity index (χ1v) is 11.3. The van der Waals surface area contributed by atoms with Crippen molar-refractivity contribution < 1.29 is 0 Å². The molecular formula is C31H24N2. The van der Waals surface area contributed by atoms with Crippen molar-refractivity contribution in [1.29, 1.82) is 0 Å². The van der Waals surface area contributed by atoms with Crippen molar-refractivity contribution >= 4 is 48.9 Å². The smallest absolute Gasteiger partial charge is 0.0619 e. The lowest BCUT2D eigenvalue weighted by atomic mass is 10.0. The topological polar surface area (TPSA) is 30.9 Å². The van der Waals surface area contributed by atoms with Gasteiger partial charge in [-0.3, -0.25) is 0 Å². The number of hydrogen-bond acceptors (Lipinski definition) is 1. The lowest BCUT2D eigenvalue weighted by Crippen LogP contribution is -1.95. The van der Waals surface area contributed by atoms with Gasteiger partial charge in [0.25, 0.3) is 0 Å². The van der Waals surface area contributed by atoms with Gasteiger partial charge in [-0.2, -0.15) is 0 Å². The van der Waals surface area contributed by atoms with Gasteiger partial charge in [0.1, 0.15) is 0 Å². The summed E-state index contributed by atoms with van der Waals surface area (Å²) in [6, 6.07) is 35.0. The van der Waals surface area contributed by atoms with Crippen molar-refractivity contribution in [3.05, 3.63) is 121 Å². The zero-order valence-electron chi connectivity index (χ0n) is 18.5. The number of nitrogens with zero attached hydrogens (tertiary/aromatic N) is 1. The zero-order chi connectivity index (χ0) is 22.4. The van der Waals surface area contributed by atoms with Gasteiger partial charge < -0.3 is 10.3 Å². The van der Waals surface area contributed by atoms with Crippen molar-refractivity contribution in [2.45, 2.75) is 6.92 Å². The van der Waals surface area contributed by atoms with E-state index in [2.05, 4.69) is 108 Å². The van der Waals surface area contributed by atoms with E-state index in [-0.39, 0.29) is 0 Å². The van der Waals surface area contributed by atoms with Crippen molar-refractivity contribution in [2.24, 2.45) is 5.73 Å². The van der Waals surface area contributed by atoms with Crippen LogP contribution in [-0.2, 0) is 0 Å². The molecule has 0 atom stereocenters. The molecule has 0 aliphatic carbocycles. The average Bonchev–Trinajstić information content (AvgIpc) is 3.21. The van der Waals surface area contributed by atoms with Gasteiger partial charge in [-0.15, -0.1) is 0 Å². The van der Waals surface area contributed by atoms with Crippen LogP contribution in [0.25, 0.3) is 54.6 Å². The lowest BCUT2D eigenvalue weighted by Gasteiger charge is -2.12. The first kappa shape index (κ1) is 19.4. The molecule has 0 saturated heterocycles. The molecule has 5 aromatic carbocycles. The third-order valence-corrected chi connectivity index (χ3v) is 6.50. The number of hydrogen-bond donors (Lipinski definition) is 1. The van der Waals surface area contributed by atoms with Gasteiger partial charge in [0.2, 0.25) is 0 Å². The fourth-order valence-corrected chi connectivity index (χ4v) is 4.97. The van der Waals surface area contributed by atoms with Crippen LogP contribution in [0.4, 0.5) is 0 Å². The highest BCUT2D eigenvalue weighted by atomic mass is 15.0. The molecule has 6 rings (SSSR count). The molecule has 158 valence electrons. The van der Waals surface area contributed by atoms with E-state index in [0.29, 0.717) is 0 Å². The highest BCUT2D eigenvalue weighted by molar-refractivity contribution is 6.19. The molecule has 0 amide bonds. The van der Waals surface area contributed by atoms with E-state index in [9.17, 15) is 0 Å². The number of benzene rings is 5. The maximum absolute atomic E-state index is 5.98. The molecule has 33 heavy (non-hydrogen) atoms. The largest absolute Gasteiger partial charge is 0.404 e. The third kappa shape index (κ3) is 3.03. The molecule has 6 aromatic rings. The lowest BCUT2D eigenvalue weighted by molar-refractivity contribution is 1.19. The minimum atomic E-state index is 1.01. The molecule has 0 fully saturated rings. The normalized spacial score (nSPS) is 12.6. The highest BCUT2D eigenvalue weighted by Crippen LogP contribution is 2.38. The van der Waals surface area contributed by atoms with Crippen molar-refractivity contribution in [2.75, 3.05) is 0 Å².